The van der Waals surface area contributed by atoms with Crippen molar-refractivity contribution in [2.45, 2.75) is 65.3 Å². The smallest absolute Gasteiger partial charge is 0.00104 e. The second-order valence-corrected chi connectivity index (χ2v) is 6.93. The van der Waals surface area contributed by atoms with Gasteiger partial charge in [-0.3, -0.25) is 0 Å². The molecule has 1 aromatic carbocycles. The molecule has 0 amide bonds. The molecule has 1 aliphatic carbocycles. The molecule has 1 aliphatic rings. The van der Waals surface area contributed by atoms with Crippen molar-refractivity contribution in [1.29, 1.82) is 0 Å². The highest BCUT2D eigenvalue weighted by Crippen LogP contribution is 2.41. The van der Waals surface area contributed by atoms with Gasteiger partial charge in [0.15, 0.2) is 0 Å². The number of rotatable bonds is 5. The zero-order chi connectivity index (χ0) is 14.5. The van der Waals surface area contributed by atoms with Gasteiger partial charge in [-0.05, 0) is 49.6 Å². The summed E-state index contributed by atoms with van der Waals surface area (Å²) in [5.74, 6) is 2.49. The minimum Gasteiger partial charge on any atom is -0.314 e. The Morgan fingerprint density at radius 2 is 1.85 bits per heavy atom. The van der Waals surface area contributed by atoms with E-state index in [0.29, 0.717) is 6.04 Å². The van der Waals surface area contributed by atoms with Crippen LogP contribution in [0.25, 0.3) is 0 Å². The van der Waals surface area contributed by atoms with E-state index in [1.807, 2.05) is 0 Å². The van der Waals surface area contributed by atoms with Crippen molar-refractivity contribution in [3.63, 3.8) is 0 Å². The Balaban J connectivity index is 2.10. The maximum atomic E-state index is 3.66. The average molecular weight is 273 g/mol. The molecule has 112 valence electrons. The lowest BCUT2D eigenvalue weighted by atomic mass is 9.70. The molecule has 0 spiro atoms. The first kappa shape index (κ1) is 15.6. The molecule has 1 N–H and O–H groups in total. The third kappa shape index (κ3) is 4.09. The molecule has 3 atom stereocenters. The summed E-state index contributed by atoms with van der Waals surface area (Å²) in [5.41, 5.74) is 2.93. The number of nitrogens with one attached hydrogen (secondary N) is 1. The predicted molar refractivity (Wildman–Crippen MR) is 88.2 cm³/mol. The van der Waals surface area contributed by atoms with E-state index in [1.54, 1.807) is 5.56 Å². The monoisotopic (exact) mass is 273 g/mol. The quantitative estimate of drug-likeness (QED) is 0.804. The molecule has 0 saturated heterocycles. The molecule has 2 rings (SSSR count). The third-order valence-corrected chi connectivity index (χ3v) is 4.97. The number of hydrogen-bond donors (Lipinski definition) is 1. The van der Waals surface area contributed by atoms with Gasteiger partial charge >= 0.3 is 0 Å². The maximum absolute atomic E-state index is 3.66. The van der Waals surface area contributed by atoms with Crippen molar-refractivity contribution in [2.24, 2.45) is 11.8 Å². The third-order valence-electron chi connectivity index (χ3n) is 4.97. The van der Waals surface area contributed by atoms with Gasteiger partial charge in [-0.25, -0.2) is 0 Å². The number of aryl methyl sites for hydroxylation is 1. The Hall–Kier alpha value is -0.820. The van der Waals surface area contributed by atoms with E-state index in [9.17, 15) is 0 Å². The van der Waals surface area contributed by atoms with Gasteiger partial charge < -0.3 is 5.32 Å². The Bertz CT molecular complexity index is 393. The van der Waals surface area contributed by atoms with E-state index in [4.69, 9.17) is 0 Å². The molecule has 1 nitrogen and oxygen atoms in total. The Morgan fingerprint density at radius 1 is 1.15 bits per heavy atom. The van der Waals surface area contributed by atoms with Crippen LogP contribution in [0.2, 0.25) is 0 Å². The van der Waals surface area contributed by atoms with E-state index in [1.165, 1.54) is 37.8 Å². The summed E-state index contributed by atoms with van der Waals surface area (Å²) in [7, 11) is 0. The van der Waals surface area contributed by atoms with Crippen LogP contribution in [0.1, 0.15) is 63.5 Å². The van der Waals surface area contributed by atoms with Crippen molar-refractivity contribution < 1.29 is 0 Å². The molecule has 1 fully saturated rings. The molecule has 0 bridgehead atoms. The topological polar surface area (TPSA) is 12.0 Å². The van der Waals surface area contributed by atoms with Gasteiger partial charge in [0.2, 0.25) is 0 Å². The van der Waals surface area contributed by atoms with Crippen LogP contribution < -0.4 is 5.32 Å². The molecule has 0 aliphatic heterocycles. The fourth-order valence-corrected chi connectivity index (χ4v) is 3.54. The molecule has 0 aromatic heterocycles. The first-order valence-electron chi connectivity index (χ1n) is 8.40. The van der Waals surface area contributed by atoms with Crippen LogP contribution in [0.3, 0.4) is 0 Å². The highest BCUT2D eigenvalue weighted by atomic mass is 14.9. The summed E-state index contributed by atoms with van der Waals surface area (Å²) in [4.78, 5) is 0. The van der Waals surface area contributed by atoms with Gasteiger partial charge in [-0.1, -0.05) is 63.4 Å². The van der Waals surface area contributed by atoms with Crippen LogP contribution >= 0.6 is 0 Å². The lowest BCUT2D eigenvalue weighted by Gasteiger charge is -2.37. The van der Waals surface area contributed by atoms with Crippen LogP contribution in [0.15, 0.2) is 24.3 Å². The van der Waals surface area contributed by atoms with Gasteiger partial charge in [-0.2, -0.15) is 0 Å². The summed E-state index contributed by atoms with van der Waals surface area (Å²) in [5, 5.41) is 3.66. The Labute approximate surface area is 125 Å². The van der Waals surface area contributed by atoms with Crippen molar-refractivity contribution in [3.8, 4) is 0 Å². The summed E-state index contributed by atoms with van der Waals surface area (Å²) in [6.45, 7) is 10.2. The van der Waals surface area contributed by atoms with Gasteiger partial charge in [0.05, 0.1) is 0 Å². The molecule has 3 unspecified atom stereocenters. The molecule has 20 heavy (non-hydrogen) atoms. The zero-order valence-electron chi connectivity index (χ0n) is 13.7. The molecule has 1 aromatic rings. The van der Waals surface area contributed by atoms with E-state index in [2.05, 4.69) is 57.3 Å². The fraction of sp³-hybridized carbons (Fsp3) is 0.684. The number of hydrogen-bond acceptors (Lipinski definition) is 1. The standard InChI is InChI=1S/C19H31N/c1-5-16-8-11-18(13-20-14(2)3)19(12-16)17-9-6-15(4)7-10-17/h6-7,9-10,14,16,18-20H,5,8,11-13H2,1-4H3. The molecular formula is C19H31N. The second kappa shape index (κ2) is 7.26. The SMILES string of the molecule is CCC1CCC(CNC(C)C)C(c2ccc(C)cc2)C1. The molecular weight excluding hydrogens is 242 g/mol. The van der Waals surface area contributed by atoms with E-state index in [-0.39, 0.29) is 0 Å². The van der Waals surface area contributed by atoms with Crippen molar-refractivity contribution in [2.75, 3.05) is 6.54 Å². The number of benzene rings is 1. The van der Waals surface area contributed by atoms with Crippen molar-refractivity contribution in [3.05, 3.63) is 35.4 Å². The molecule has 0 radical (unpaired) electrons. The first-order chi connectivity index (χ1) is 9.60. The van der Waals surface area contributed by atoms with Crippen molar-refractivity contribution >= 4 is 0 Å². The highest BCUT2D eigenvalue weighted by molar-refractivity contribution is 5.25. The fourth-order valence-electron chi connectivity index (χ4n) is 3.54. The molecule has 1 saturated carbocycles. The van der Waals surface area contributed by atoms with Crippen molar-refractivity contribution in [1.82, 2.24) is 5.32 Å². The minimum atomic E-state index is 0.595. The molecule has 0 heterocycles. The van der Waals surface area contributed by atoms with E-state index >= 15 is 0 Å². The lowest BCUT2D eigenvalue weighted by Crippen LogP contribution is -2.35. The predicted octanol–water partition coefficient (Wildman–Crippen LogP) is 4.90. The Morgan fingerprint density at radius 3 is 2.45 bits per heavy atom. The van der Waals surface area contributed by atoms with Gasteiger partial charge in [-0.15, -0.1) is 0 Å². The van der Waals surface area contributed by atoms with Gasteiger partial charge in [0, 0.05) is 6.04 Å². The van der Waals surface area contributed by atoms with E-state index < -0.39 is 0 Å². The summed E-state index contributed by atoms with van der Waals surface area (Å²) < 4.78 is 0. The van der Waals surface area contributed by atoms with Gasteiger partial charge in [0.1, 0.15) is 0 Å². The summed E-state index contributed by atoms with van der Waals surface area (Å²) >= 11 is 0. The van der Waals surface area contributed by atoms with Crippen LogP contribution in [0, 0.1) is 18.8 Å². The normalized spacial score (nSPS) is 26.9. The maximum Gasteiger partial charge on any atom is 0.00104 e. The van der Waals surface area contributed by atoms with Crippen LogP contribution in [0.5, 0.6) is 0 Å². The minimum absolute atomic E-state index is 0.595. The summed E-state index contributed by atoms with van der Waals surface area (Å²) in [6, 6.07) is 9.87. The van der Waals surface area contributed by atoms with Gasteiger partial charge in [0.25, 0.3) is 0 Å². The van der Waals surface area contributed by atoms with Crippen LogP contribution in [-0.2, 0) is 0 Å². The zero-order valence-corrected chi connectivity index (χ0v) is 13.7. The second-order valence-electron chi connectivity index (χ2n) is 6.93. The average Bonchev–Trinajstić information content (AvgIpc) is 2.45. The van der Waals surface area contributed by atoms with Crippen LogP contribution in [0.4, 0.5) is 0 Å². The largest absolute Gasteiger partial charge is 0.314 e. The van der Waals surface area contributed by atoms with E-state index in [0.717, 1.165) is 17.8 Å². The summed E-state index contributed by atoms with van der Waals surface area (Å²) in [6.07, 6.45) is 5.52. The first-order valence-corrected chi connectivity index (χ1v) is 8.40. The highest BCUT2D eigenvalue weighted by Gasteiger charge is 2.30. The molecule has 1 heteroatoms. The Kier molecular flexibility index (Phi) is 5.65. The lowest BCUT2D eigenvalue weighted by molar-refractivity contribution is 0.222. The van der Waals surface area contributed by atoms with Crippen LogP contribution in [-0.4, -0.2) is 12.6 Å².